The number of hydrogen-bond acceptors (Lipinski definition) is 1. The minimum atomic E-state index is 0.741. The predicted octanol–water partition coefficient (Wildman–Crippen LogP) is 2.13. The standard InChI is InChI=1S/C11H19N/c1-4-8-12(3)11-7-5-6-10(2)9-11/h1,10-11H,5-9H2,2-3H3. The van der Waals surface area contributed by atoms with Crippen molar-refractivity contribution in [2.75, 3.05) is 13.6 Å². The van der Waals surface area contributed by atoms with Crippen LogP contribution in [0.1, 0.15) is 32.6 Å². The molecule has 0 heterocycles. The summed E-state index contributed by atoms with van der Waals surface area (Å²) in [7, 11) is 2.14. The van der Waals surface area contributed by atoms with Crippen LogP contribution in [0.25, 0.3) is 0 Å². The average Bonchev–Trinajstić information content (AvgIpc) is 2.05. The van der Waals surface area contributed by atoms with Gasteiger partial charge in [0.2, 0.25) is 0 Å². The Labute approximate surface area is 76.1 Å². The van der Waals surface area contributed by atoms with Crippen molar-refractivity contribution in [3.8, 4) is 12.3 Å². The lowest BCUT2D eigenvalue weighted by Gasteiger charge is -2.32. The van der Waals surface area contributed by atoms with Gasteiger partial charge < -0.3 is 0 Å². The SMILES string of the molecule is C#CCN(C)C1CCCC(C)C1. The van der Waals surface area contributed by atoms with Gasteiger partial charge >= 0.3 is 0 Å². The third-order valence-corrected chi connectivity index (χ3v) is 2.87. The third kappa shape index (κ3) is 2.53. The quantitative estimate of drug-likeness (QED) is 0.567. The van der Waals surface area contributed by atoms with Crippen LogP contribution in [-0.2, 0) is 0 Å². The van der Waals surface area contributed by atoms with Crippen molar-refractivity contribution in [2.24, 2.45) is 5.92 Å². The molecule has 0 aromatic carbocycles. The molecule has 0 bridgehead atoms. The Kier molecular flexibility index (Phi) is 3.62. The summed E-state index contributed by atoms with van der Waals surface area (Å²) in [6.45, 7) is 3.15. The van der Waals surface area contributed by atoms with E-state index in [1.807, 2.05) is 0 Å². The van der Waals surface area contributed by atoms with E-state index < -0.39 is 0 Å². The van der Waals surface area contributed by atoms with Crippen molar-refractivity contribution in [3.63, 3.8) is 0 Å². The second kappa shape index (κ2) is 4.52. The zero-order valence-corrected chi connectivity index (χ0v) is 8.21. The Bertz CT molecular complexity index is 168. The largest absolute Gasteiger partial charge is 0.292 e. The molecule has 0 N–H and O–H groups in total. The van der Waals surface area contributed by atoms with E-state index in [9.17, 15) is 0 Å². The van der Waals surface area contributed by atoms with Crippen molar-refractivity contribution in [1.29, 1.82) is 0 Å². The van der Waals surface area contributed by atoms with Gasteiger partial charge in [-0.15, -0.1) is 6.42 Å². The Balaban J connectivity index is 2.35. The summed E-state index contributed by atoms with van der Waals surface area (Å²) in [6.07, 6.45) is 10.7. The van der Waals surface area contributed by atoms with Gasteiger partial charge in [0, 0.05) is 6.04 Å². The highest BCUT2D eigenvalue weighted by Crippen LogP contribution is 2.26. The van der Waals surface area contributed by atoms with Crippen LogP contribution < -0.4 is 0 Å². The highest BCUT2D eigenvalue weighted by atomic mass is 15.1. The molecule has 2 atom stereocenters. The minimum Gasteiger partial charge on any atom is -0.292 e. The molecule has 12 heavy (non-hydrogen) atoms. The van der Waals surface area contributed by atoms with E-state index in [1.165, 1.54) is 25.7 Å². The molecular formula is C11H19N. The van der Waals surface area contributed by atoms with Gasteiger partial charge in [-0.3, -0.25) is 4.90 Å². The van der Waals surface area contributed by atoms with Gasteiger partial charge in [-0.05, 0) is 25.8 Å². The number of nitrogens with zero attached hydrogens (tertiary/aromatic N) is 1. The molecule has 1 aliphatic rings. The highest BCUT2D eigenvalue weighted by Gasteiger charge is 2.21. The van der Waals surface area contributed by atoms with Gasteiger partial charge in [-0.1, -0.05) is 25.7 Å². The third-order valence-electron chi connectivity index (χ3n) is 2.87. The molecule has 0 saturated heterocycles. The molecule has 68 valence electrons. The van der Waals surface area contributed by atoms with Gasteiger partial charge in [0.25, 0.3) is 0 Å². The van der Waals surface area contributed by atoms with Crippen LogP contribution in [0.5, 0.6) is 0 Å². The number of hydrogen-bond donors (Lipinski definition) is 0. The molecule has 1 aliphatic carbocycles. The van der Waals surface area contributed by atoms with Gasteiger partial charge in [-0.2, -0.15) is 0 Å². The van der Waals surface area contributed by atoms with Crippen molar-refractivity contribution in [2.45, 2.75) is 38.6 Å². The summed E-state index contributed by atoms with van der Waals surface area (Å²) in [6, 6.07) is 0.741. The zero-order valence-electron chi connectivity index (χ0n) is 8.21. The molecule has 1 heteroatoms. The first kappa shape index (κ1) is 9.61. The fourth-order valence-corrected chi connectivity index (χ4v) is 2.08. The molecule has 1 nitrogen and oxygen atoms in total. The molecule has 0 aromatic heterocycles. The van der Waals surface area contributed by atoms with Crippen LogP contribution in [0, 0.1) is 18.3 Å². The van der Waals surface area contributed by atoms with E-state index in [4.69, 9.17) is 6.42 Å². The predicted molar refractivity (Wildman–Crippen MR) is 52.9 cm³/mol. The van der Waals surface area contributed by atoms with Crippen LogP contribution in [-0.4, -0.2) is 24.5 Å². The van der Waals surface area contributed by atoms with Gasteiger partial charge in [0.05, 0.1) is 6.54 Å². The molecule has 0 spiro atoms. The fourth-order valence-electron chi connectivity index (χ4n) is 2.08. The summed E-state index contributed by atoms with van der Waals surface area (Å²) in [5.74, 6) is 3.60. The zero-order chi connectivity index (χ0) is 8.97. The van der Waals surface area contributed by atoms with E-state index in [0.717, 1.165) is 18.5 Å². The van der Waals surface area contributed by atoms with Gasteiger partial charge in [0.1, 0.15) is 0 Å². The van der Waals surface area contributed by atoms with E-state index in [-0.39, 0.29) is 0 Å². The maximum atomic E-state index is 5.28. The van der Waals surface area contributed by atoms with Crippen LogP contribution in [0.15, 0.2) is 0 Å². The maximum Gasteiger partial charge on any atom is 0.0598 e. The van der Waals surface area contributed by atoms with E-state index in [1.54, 1.807) is 0 Å². The molecule has 1 fully saturated rings. The highest BCUT2D eigenvalue weighted by molar-refractivity contribution is 4.90. The normalized spacial score (nSPS) is 30.2. The lowest BCUT2D eigenvalue weighted by atomic mass is 9.86. The number of rotatable bonds is 2. The molecule has 2 unspecified atom stereocenters. The summed E-state index contributed by atoms with van der Waals surface area (Å²) < 4.78 is 0. The van der Waals surface area contributed by atoms with Crippen LogP contribution in [0.2, 0.25) is 0 Å². The molecule has 0 amide bonds. The lowest BCUT2D eigenvalue weighted by molar-refractivity contribution is 0.180. The number of terminal acetylenes is 1. The minimum absolute atomic E-state index is 0.741. The molecular weight excluding hydrogens is 146 g/mol. The molecule has 1 rings (SSSR count). The summed E-state index contributed by atoms with van der Waals surface area (Å²) in [4.78, 5) is 2.32. The van der Waals surface area contributed by atoms with Crippen molar-refractivity contribution < 1.29 is 0 Å². The first-order valence-electron chi connectivity index (χ1n) is 4.87. The summed E-state index contributed by atoms with van der Waals surface area (Å²) in [5, 5.41) is 0. The van der Waals surface area contributed by atoms with Crippen molar-refractivity contribution >= 4 is 0 Å². The van der Waals surface area contributed by atoms with E-state index in [0.29, 0.717) is 0 Å². The van der Waals surface area contributed by atoms with Crippen LogP contribution >= 0.6 is 0 Å². The second-order valence-corrected chi connectivity index (χ2v) is 4.04. The van der Waals surface area contributed by atoms with Crippen molar-refractivity contribution in [1.82, 2.24) is 4.90 Å². The van der Waals surface area contributed by atoms with E-state index in [2.05, 4.69) is 24.8 Å². The first-order chi connectivity index (χ1) is 5.74. The fraction of sp³-hybridized carbons (Fsp3) is 0.818. The monoisotopic (exact) mass is 165 g/mol. The lowest BCUT2D eigenvalue weighted by Crippen LogP contribution is -2.35. The second-order valence-electron chi connectivity index (χ2n) is 4.04. The topological polar surface area (TPSA) is 3.24 Å². The van der Waals surface area contributed by atoms with Gasteiger partial charge in [-0.25, -0.2) is 0 Å². The average molecular weight is 165 g/mol. The molecule has 0 aromatic rings. The Morgan fingerprint density at radius 1 is 1.50 bits per heavy atom. The first-order valence-corrected chi connectivity index (χ1v) is 4.87. The Hall–Kier alpha value is -0.480. The summed E-state index contributed by atoms with van der Waals surface area (Å²) in [5.41, 5.74) is 0. The summed E-state index contributed by atoms with van der Waals surface area (Å²) >= 11 is 0. The smallest absolute Gasteiger partial charge is 0.0598 e. The maximum absolute atomic E-state index is 5.28. The van der Waals surface area contributed by atoms with Crippen LogP contribution in [0.4, 0.5) is 0 Å². The van der Waals surface area contributed by atoms with Crippen molar-refractivity contribution in [3.05, 3.63) is 0 Å². The Morgan fingerprint density at radius 3 is 2.83 bits per heavy atom. The molecule has 0 aliphatic heterocycles. The van der Waals surface area contributed by atoms with E-state index >= 15 is 0 Å². The van der Waals surface area contributed by atoms with Gasteiger partial charge in [0.15, 0.2) is 0 Å². The van der Waals surface area contributed by atoms with Crippen LogP contribution in [0.3, 0.4) is 0 Å². The molecule has 0 radical (unpaired) electrons. The Morgan fingerprint density at radius 2 is 2.25 bits per heavy atom. The molecule has 1 saturated carbocycles.